The van der Waals surface area contributed by atoms with Crippen molar-refractivity contribution in [1.82, 2.24) is 14.9 Å². The van der Waals surface area contributed by atoms with Crippen LogP contribution in [-0.4, -0.2) is 26.8 Å². The van der Waals surface area contributed by atoms with E-state index in [1.54, 1.807) is 0 Å². The number of aryl methyl sites for hydroxylation is 1. The van der Waals surface area contributed by atoms with E-state index in [4.69, 9.17) is 10.2 Å². The molecule has 6 heteroatoms. The molecule has 5 nitrogen and oxygen atoms in total. The molecule has 1 amide bonds. The maximum Gasteiger partial charge on any atom is 0.230 e. The van der Waals surface area contributed by atoms with Crippen molar-refractivity contribution in [1.29, 1.82) is 5.26 Å². The molecular weight excluding hydrogens is 368 g/mol. The zero-order valence-electron chi connectivity index (χ0n) is 16.1. The number of fused-ring (bicyclic) bond motifs is 1. The molecule has 6 rings (SSSR count). The van der Waals surface area contributed by atoms with Crippen molar-refractivity contribution < 1.29 is 4.79 Å². The van der Waals surface area contributed by atoms with E-state index in [0.717, 1.165) is 33.9 Å². The molecule has 1 aromatic carbocycles. The molecule has 1 aromatic heterocycles. The second kappa shape index (κ2) is 7.11. The molecule has 0 aliphatic heterocycles. The molecule has 1 heterocycles. The third kappa shape index (κ3) is 3.30. The van der Waals surface area contributed by atoms with Crippen LogP contribution in [0.1, 0.15) is 44.9 Å². The Bertz CT molecular complexity index is 908. The minimum Gasteiger partial charge on any atom is -0.350 e. The molecule has 146 valence electrons. The number of nitrogens with one attached hydrogen (secondary N) is 1. The third-order valence-corrected chi connectivity index (χ3v) is 7.82. The van der Waals surface area contributed by atoms with Gasteiger partial charge in [0.2, 0.25) is 5.91 Å². The second-order valence-electron chi connectivity index (χ2n) is 8.98. The Morgan fingerprint density at radius 1 is 1.21 bits per heavy atom. The van der Waals surface area contributed by atoms with Gasteiger partial charge in [-0.15, -0.1) is 0 Å². The van der Waals surface area contributed by atoms with E-state index in [1.807, 2.05) is 24.3 Å². The van der Waals surface area contributed by atoms with Crippen LogP contribution in [0.15, 0.2) is 29.4 Å². The quantitative estimate of drug-likeness (QED) is 0.748. The van der Waals surface area contributed by atoms with Gasteiger partial charge >= 0.3 is 0 Å². The van der Waals surface area contributed by atoms with Crippen LogP contribution in [0.25, 0.3) is 11.0 Å². The summed E-state index contributed by atoms with van der Waals surface area (Å²) in [6.07, 6.45) is 8.11. The van der Waals surface area contributed by atoms with Gasteiger partial charge in [0.1, 0.15) is 0 Å². The number of thioether (sulfide) groups is 1. The number of para-hydroxylation sites is 2. The first-order chi connectivity index (χ1) is 13.6. The lowest BCUT2D eigenvalue weighted by Crippen LogP contribution is -2.60. The molecule has 4 aliphatic rings. The zero-order chi connectivity index (χ0) is 19.1. The van der Waals surface area contributed by atoms with Crippen LogP contribution in [-0.2, 0) is 11.3 Å². The minimum atomic E-state index is 0.0628. The topological polar surface area (TPSA) is 70.7 Å². The van der Waals surface area contributed by atoms with Gasteiger partial charge in [0.25, 0.3) is 0 Å². The SMILES string of the molecule is N#CCCn1c(SCC(=O)NC23CC4CC(CC(C4)C2)C3)nc2ccccc21. The second-order valence-corrected chi connectivity index (χ2v) is 9.92. The molecule has 4 aliphatic carbocycles. The molecule has 0 saturated heterocycles. The van der Waals surface area contributed by atoms with Gasteiger partial charge in [-0.2, -0.15) is 5.26 Å². The van der Waals surface area contributed by atoms with Crippen molar-refractivity contribution in [2.24, 2.45) is 17.8 Å². The van der Waals surface area contributed by atoms with Gasteiger partial charge in [-0.3, -0.25) is 4.79 Å². The number of carbonyl (C=O) groups excluding carboxylic acids is 1. The van der Waals surface area contributed by atoms with E-state index in [9.17, 15) is 4.79 Å². The number of amides is 1. The number of nitrogens with zero attached hydrogens (tertiary/aromatic N) is 3. The fourth-order valence-corrected chi connectivity index (χ4v) is 7.11. The number of hydrogen-bond acceptors (Lipinski definition) is 4. The molecule has 28 heavy (non-hydrogen) atoms. The van der Waals surface area contributed by atoms with Crippen LogP contribution in [0.2, 0.25) is 0 Å². The summed E-state index contributed by atoms with van der Waals surface area (Å²) in [5, 5.41) is 13.3. The first-order valence-electron chi connectivity index (χ1n) is 10.4. The van der Waals surface area contributed by atoms with Crippen molar-refractivity contribution in [3.63, 3.8) is 0 Å². The number of rotatable bonds is 6. The van der Waals surface area contributed by atoms with Crippen molar-refractivity contribution in [2.75, 3.05) is 5.75 Å². The summed E-state index contributed by atoms with van der Waals surface area (Å²) in [5.74, 6) is 3.00. The molecule has 4 saturated carbocycles. The summed E-state index contributed by atoms with van der Waals surface area (Å²) >= 11 is 1.49. The molecule has 2 aromatic rings. The highest BCUT2D eigenvalue weighted by molar-refractivity contribution is 7.99. The van der Waals surface area contributed by atoms with Gasteiger partial charge in [-0.1, -0.05) is 23.9 Å². The zero-order valence-corrected chi connectivity index (χ0v) is 16.9. The van der Waals surface area contributed by atoms with Crippen LogP contribution >= 0.6 is 11.8 Å². The maximum atomic E-state index is 12.8. The van der Waals surface area contributed by atoms with Gasteiger partial charge in [-0.25, -0.2) is 4.98 Å². The number of carbonyl (C=O) groups is 1. The lowest BCUT2D eigenvalue weighted by molar-refractivity contribution is -0.124. The smallest absolute Gasteiger partial charge is 0.230 e. The molecule has 1 N–H and O–H groups in total. The van der Waals surface area contributed by atoms with Crippen LogP contribution in [0, 0.1) is 29.1 Å². The highest BCUT2D eigenvalue weighted by atomic mass is 32.2. The van der Waals surface area contributed by atoms with E-state index >= 15 is 0 Å². The maximum absolute atomic E-state index is 12.8. The fraction of sp³-hybridized carbons (Fsp3) is 0.591. The fourth-order valence-electron chi connectivity index (χ4n) is 6.27. The Labute approximate surface area is 169 Å². The predicted molar refractivity (Wildman–Crippen MR) is 110 cm³/mol. The molecular formula is C22H26N4OS. The predicted octanol–water partition coefficient (Wildman–Crippen LogP) is 4.13. The summed E-state index contributed by atoms with van der Waals surface area (Å²) in [5.41, 5.74) is 2.01. The molecule has 0 spiro atoms. The Morgan fingerprint density at radius 3 is 2.57 bits per heavy atom. The Morgan fingerprint density at radius 2 is 1.89 bits per heavy atom. The molecule has 0 atom stereocenters. The first kappa shape index (κ1) is 18.1. The number of nitriles is 1. The van der Waals surface area contributed by atoms with Crippen molar-refractivity contribution in [3.8, 4) is 6.07 Å². The van der Waals surface area contributed by atoms with Gasteiger partial charge in [0, 0.05) is 12.1 Å². The van der Waals surface area contributed by atoms with Gasteiger partial charge in [-0.05, 0) is 68.4 Å². The summed E-state index contributed by atoms with van der Waals surface area (Å²) in [7, 11) is 0. The monoisotopic (exact) mass is 394 g/mol. The molecule has 4 bridgehead atoms. The summed E-state index contributed by atoms with van der Waals surface area (Å²) < 4.78 is 2.07. The van der Waals surface area contributed by atoms with Crippen molar-refractivity contribution in [2.45, 2.75) is 62.2 Å². The minimum absolute atomic E-state index is 0.0628. The largest absolute Gasteiger partial charge is 0.350 e. The number of imidazole rings is 1. The summed E-state index contributed by atoms with van der Waals surface area (Å²) in [6.45, 7) is 0.607. The third-order valence-electron chi connectivity index (χ3n) is 6.84. The average molecular weight is 395 g/mol. The Balaban J connectivity index is 1.27. The lowest BCUT2D eigenvalue weighted by atomic mass is 9.53. The number of benzene rings is 1. The Hall–Kier alpha value is -2.00. The lowest BCUT2D eigenvalue weighted by Gasteiger charge is -2.56. The first-order valence-corrected chi connectivity index (χ1v) is 11.4. The average Bonchev–Trinajstić information content (AvgIpc) is 3.01. The number of hydrogen-bond donors (Lipinski definition) is 1. The van der Waals surface area contributed by atoms with Crippen LogP contribution in [0.5, 0.6) is 0 Å². The molecule has 4 fully saturated rings. The van der Waals surface area contributed by atoms with Crippen molar-refractivity contribution in [3.05, 3.63) is 24.3 Å². The Kier molecular flexibility index (Phi) is 4.59. The summed E-state index contributed by atoms with van der Waals surface area (Å²) in [4.78, 5) is 17.5. The van der Waals surface area contributed by atoms with Gasteiger partial charge < -0.3 is 9.88 Å². The summed E-state index contributed by atoms with van der Waals surface area (Å²) in [6, 6.07) is 10.2. The highest BCUT2D eigenvalue weighted by Gasteiger charge is 2.51. The number of aromatic nitrogens is 2. The van der Waals surface area contributed by atoms with E-state index < -0.39 is 0 Å². The highest BCUT2D eigenvalue weighted by Crippen LogP contribution is 2.55. The van der Waals surface area contributed by atoms with Gasteiger partial charge in [0.15, 0.2) is 5.16 Å². The molecule has 0 unspecified atom stereocenters. The van der Waals surface area contributed by atoms with Crippen molar-refractivity contribution >= 4 is 28.7 Å². The van der Waals surface area contributed by atoms with E-state index in [0.29, 0.717) is 18.7 Å². The van der Waals surface area contributed by atoms with E-state index in [-0.39, 0.29) is 11.4 Å². The van der Waals surface area contributed by atoms with E-state index in [2.05, 4.69) is 16.0 Å². The normalized spacial score (nSPS) is 30.5. The van der Waals surface area contributed by atoms with Crippen LogP contribution < -0.4 is 5.32 Å². The van der Waals surface area contributed by atoms with E-state index in [1.165, 1.54) is 50.3 Å². The van der Waals surface area contributed by atoms with Crippen LogP contribution in [0.3, 0.4) is 0 Å². The van der Waals surface area contributed by atoms with Gasteiger partial charge in [0.05, 0.1) is 29.3 Å². The standard InChI is InChI=1S/C22H26N4OS/c23-6-3-7-26-19-5-2-1-4-18(19)24-21(26)28-14-20(27)25-22-11-15-8-16(12-22)10-17(9-15)13-22/h1-2,4-5,15-17H,3,7-14H2,(H,25,27). The molecule has 0 radical (unpaired) electrons. The van der Waals surface area contributed by atoms with Crippen LogP contribution in [0.4, 0.5) is 0 Å².